The average Bonchev–Trinajstić information content (AvgIpc) is 2.37. The summed E-state index contributed by atoms with van der Waals surface area (Å²) in [7, 11) is 0. The first kappa shape index (κ1) is 8.60. The highest BCUT2D eigenvalue weighted by molar-refractivity contribution is 5.69. The van der Waals surface area contributed by atoms with E-state index in [1.165, 1.54) is 0 Å². The minimum absolute atomic E-state index is 0.139. The van der Waals surface area contributed by atoms with E-state index in [2.05, 4.69) is 12.2 Å². The van der Waals surface area contributed by atoms with Gasteiger partial charge in [-0.25, -0.2) is 4.79 Å². The molecule has 2 aliphatic rings. The summed E-state index contributed by atoms with van der Waals surface area (Å²) in [5.74, 6) is 0. The van der Waals surface area contributed by atoms with Crippen LogP contribution in [0.25, 0.3) is 0 Å². The first-order valence-electron chi connectivity index (χ1n) is 4.94. The monoisotopic (exact) mass is 181 g/mol. The summed E-state index contributed by atoms with van der Waals surface area (Å²) in [4.78, 5) is 13.4. The average molecular weight is 181 g/mol. The van der Waals surface area contributed by atoms with Crippen LogP contribution in [0.1, 0.15) is 26.2 Å². The van der Waals surface area contributed by atoms with Gasteiger partial charge in [0.2, 0.25) is 0 Å². The maximum absolute atomic E-state index is 11.5. The molecule has 0 spiro atoms. The largest absolute Gasteiger partial charge is 0.450 e. The standard InChI is InChI=1S/C10H15NO2/c1-2-13-10(12)11-8-4-3-5-9(11)7-6-8/h3-4,8-9H,2,5-7H2,1H3. The van der Waals surface area contributed by atoms with E-state index in [-0.39, 0.29) is 6.09 Å². The van der Waals surface area contributed by atoms with Gasteiger partial charge >= 0.3 is 6.09 Å². The first-order chi connectivity index (χ1) is 6.33. The van der Waals surface area contributed by atoms with E-state index in [9.17, 15) is 4.79 Å². The number of fused-ring (bicyclic) bond motifs is 2. The van der Waals surface area contributed by atoms with Crippen molar-refractivity contribution in [1.82, 2.24) is 4.90 Å². The van der Waals surface area contributed by atoms with Crippen molar-refractivity contribution in [2.24, 2.45) is 0 Å². The lowest BCUT2D eigenvalue weighted by atomic mass is 10.1. The molecule has 0 aromatic heterocycles. The zero-order valence-corrected chi connectivity index (χ0v) is 7.90. The molecule has 1 fully saturated rings. The Kier molecular flexibility index (Phi) is 2.25. The molecule has 2 rings (SSSR count). The number of amides is 1. The van der Waals surface area contributed by atoms with Gasteiger partial charge in [-0.15, -0.1) is 0 Å². The second-order valence-corrected chi connectivity index (χ2v) is 3.57. The van der Waals surface area contributed by atoms with Crippen molar-refractivity contribution >= 4 is 6.09 Å². The molecule has 0 N–H and O–H groups in total. The number of hydrogen-bond acceptors (Lipinski definition) is 2. The van der Waals surface area contributed by atoms with Gasteiger partial charge in [-0.3, -0.25) is 4.90 Å². The molecule has 2 heterocycles. The Morgan fingerprint density at radius 1 is 1.62 bits per heavy atom. The van der Waals surface area contributed by atoms with Crippen LogP contribution in [0, 0.1) is 0 Å². The van der Waals surface area contributed by atoms with E-state index in [0.29, 0.717) is 18.7 Å². The van der Waals surface area contributed by atoms with Gasteiger partial charge in [-0.2, -0.15) is 0 Å². The molecule has 1 saturated heterocycles. The predicted molar refractivity (Wildman–Crippen MR) is 49.4 cm³/mol. The molecular formula is C10H15NO2. The highest BCUT2D eigenvalue weighted by Crippen LogP contribution is 2.31. The Balaban J connectivity index is 2.07. The summed E-state index contributed by atoms with van der Waals surface area (Å²) in [6, 6.07) is 0.701. The third-order valence-electron chi connectivity index (χ3n) is 2.79. The third kappa shape index (κ3) is 1.43. The van der Waals surface area contributed by atoms with E-state index < -0.39 is 0 Å². The molecule has 2 atom stereocenters. The summed E-state index contributed by atoms with van der Waals surface area (Å²) in [6.45, 7) is 2.32. The molecule has 13 heavy (non-hydrogen) atoms. The molecule has 0 aliphatic carbocycles. The predicted octanol–water partition coefficient (Wildman–Crippen LogP) is 1.94. The van der Waals surface area contributed by atoms with Crippen molar-refractivity contribution in [1.29, 1.82) is 0 Å². The molecular weight excluding hydrogens is 166 g/mol. The van der Waals surface area contributed by atoms with E-state index in [4.69, 9.17) is 4.74 Å². The number of rotatable bonds is 1. The maximum Gasteiger partial charge on any atom is 0.410 e. The zero-order chi connectivity index (χ0) is 9.26. The molecule has 2 unspecified atom stereocenters. The van der Waals surface area contributed by atoms with Crippen molar-refractivity contribution in [3.8, 4) is 0 Å². The lowest BCUT2D eigenvalue weighted by molar-refractivity contribution is 0.0925. The van der Waals surface area contributed by atoms with Crippen LogP contribution in [0.5, 0.6) is 0 Å². The minimum atomic E-state index is -0.139. The van der Waals surface area contributed by atoms with Gasteiger partial charge in [0.05, 0.1) is 12.6 Å². The van der Waals surface area contributed by atoms with Crippen LogP contribution in [-0.2, 0) is 4.74 Å². The van der Waals surface area contributed by atoms with E-state index >= 15 is 0 Å². The molecule has 3 heteroatoms. The molecule has 0 saturated carbocycles. The highest BCUT2D eigenvalue weighted by Gasteiger charge is 2.37. The normalized spacial score (nSPS) is 30.7. The van der Waals surface area contributed by atoms with Gasteiger partial charge in [0.15, 0.2) is 0 Å². The van der Waals surface area contributed by atoms with E-state index in [1.807, 2.05) is 11.8 Å². The van der Waals surface area contributed by atoms with E-state index in [0.717, 1.165) is 19.3 Å². The zero-order valence-electron chi connectivity index (χ0n) is 7.90. The second kappa shape index (κ2) is 3.40. The van der Waals surface area contributed by atoms with Gasteiger partial charge in [-0.05, 0) is 26.2 Å². The second-order valence-electron chi connectivity index (χ2n) is 3.57. The number of nitrogens with zero attached hydrogens (tertiary/aromatic N) is 1. The van der Waals surface area contributed by atoms with Crippen LogP contribution in [0.2, 0.25) is 0 Å². The van der Waals surface area contributed by atoms with Gasteiger partial charge in [0.1, 0.15) is 0 Å². The van der Waals surface area contributed by atoms with Crippen LogP contribution in [0.3, 0.4) is 0 Å². The Hall–Kier alpha value is -0.990. The van der Waals surface area contributed by atoms with Crippen LogP contribution in [-0.4, -0.2) is 29.7 Å². The summed E-state index contributed by atoms with van der Waals surface area (Å²) < 4.78 is 5.02. The topological polar surface area (TPSA) is 29.5 Å². The molecule has 2 bridgehead atoms. The molecule has 72 valence electrons. The van der Waals surface area contributed by atoms with Gasteiger partial charge in [-0.1, -0.05) is 12.2 Å². The fourth-order valence-corrected chi connectivity index (χ4v) is 2.21. The van der Waals surface area contributed by atoms with Crippen molar-refractivity contribution in [3.05, 3.63) is 12.2 Å². The molecule has 0 aromatic carbocycles. The number of carbonyl (C=O) groups is 1. The number of hydrogen-bond donors (Lipinski definition) is 0. The Morgan fingerprint density at radius 2 is 2.46 bits per heavy atom. The molecule has 1 amide bonds. The Morgan fingerprint density at radius 3 is 3.15 bits per heavy atom. The van der Waals surface area contributed by atoms with Crippen molar-refractivity contribution in [3.63, 3.8) is 0 Å². The first-order valence-corrected chi connectivity index (χ1v) is 4.94. The minimum Gasteiger partial charge on any atom is -0.450 e. The van der Waals surface area contributed by atoms with Gasteiger partial charge in [0, 0.05) is 6.04 Å². The van der Waals surface area contributed by atoms with Crippen LogP contribution in [0.4, 0.5) is 4.79 Å². The van der Waals surface area contributed by atoms with Crippen molar-refractivity contribution in [2.75, 3.05) is 6.61 Å². The Labute approximate surface area is 78.4 Å². The lowest BCUT2D eigenvalue weighted by Crippen LogP contribution is -2.42. The SMILES string of the molecule is CCOC(=O)N1C2C=CCC1CC2. The molecule has 0 radical (unpaired) electrons. The quantitative estimate of drug-likeness (QED) is 0.578. The molecule has 3 nitrogen and oxygen atoms in total. The smallest absolute Gasteiger partial charge is 0.410 e. The highest BCUT2D eigenvalue weighted by atomic mass is 16.6. The fourth-order valence-electron chi connectivity index (χ4n) is 2.21. The van der Waals surface area contributed by atoms with Crippen LogP contribution >= 0.6 is 0 Å². The number of carbonyl (C=O) groups excluding carboxylic acids is 1. The molecule has 2 aliphatic heterocycles. The van der Waals surface area contributed by atoms with Crippen LogP contribution in [0.15, 0.2) is 12.2 Å². The van der Waals surface area contributed by atoms with E-state index in [1.54, 1.807) is 0 Å². The maximum atomic E-state index is 11.5. The van der Waals surface area contributed by atoms with Crippen molar-refractivity contribution in [2.45, 2.75) is 38.3 Å². The van der Waals surface area contributed by atoms with Gasteiger partial charge < -0.3 is 4.74 Å². The summed E-state index contributed by atoms with van der Waals surface area (Å²) >= 11 is 0. The van der Waals surface area contributed by atoms with Crippen LogP contribution < -0.4 is 0 Å². The third-order valence-corrected chi connectivity index (χ3v) is 2.79. The fraction of sp³-hybridized carbons (Fsp3) is 0.700. The summed E-state index contributed by atoms with van der Waals surface area (Å²) in [5.41, 5.74) is 0. The van der Waals surface area contributed by atoms with Crippen molar-refractivity contribution < 1.29 is 9.53 Å². The lowest BCUT2D eigenvalue weighted by Gasteiger charge is -2.30. The summed E-state index contributed by atoms with van der Waals surface area (Å²) in [6.07, 6.45) is 7.38. The summed E-state index contributed by atoms with van der Waals surface area (Å²) in [5, 5.41) is 0. The van der Waals surface area contributed by atoms with Gasteiger partial charge in [0.25, 0.3) is 0 Å². The number of ether oxygens (including phenoxy) is 1. The molecule has 0 aromatic rings. The Bertz CT molecular complexity index is 237.